The fourth-order valence-corrected chi connectivity index (χ4v) is 5.10. The minimum atomic E-state index is -2.89. The zero-order valence-corrected chi connectivity index (χ0v) is 18.0. The van der Waals surface area contributed by atoms with E-state index in [1.165, 1.54) is 12.1 Å². The number of aryl methyl sites for hydroxylation is 1. The van der Waals surface area contributed by atoms with Crippen molar-refractivity contribution in [1.82, 2.24) is 15.0 Å². The summed E-state index contributed by atoms with van der Waals surface area (Å²) in [6.07, 6.45) is -1.04. The quantitative estimate of drug-likeness (QED) is 0.540. The third kappa shape index (κ3) is 4.42. The summed E-state index contributed by atoms with van der Waals surface area (Å²) < 4.78 is 40.8. The maximum absolute atomic E-state index is 14.6. The first-order chi connectivity index (χ1) is 14.8. The molecule has 31 heavy (non-hydrogen) atoms. The van der Waals surface area contributed by atoms with Crippen LogP contribution in [0, 0.1) is 12.7 Å². The van der Waals surface area contributed by atoms with Gasteiger partial charge in [0, 0.05) is 11.1 Å². The minimum Gasteiger partial charge on any atom is -0.363 e. The molecule has 1 atom stereocenters. The molecule has 3 heterocycles. The molecule has 1 fully saturated rings. The lowest BCUT2D eigenvalue weighted by Gasteiger charge is -2.22. The van der Waals surface area contributed by atoms with Crippen LogP contribution in [0.1, 0.15) is 60.7 Å². The monoisotopic (exact) mass is 448 g/mol. The molecule has 164 valence electrons. The van der Waals surface area contributed by atoms with E-state index >= 15 is 0 Å². The molecule has 0 aliphatic carbocycles. The molecule has 2 aromatic heterocycles. The number of alkyl halides is 2. The van der Waals surface area contributed by atoms with Gasteiger partial charge >= 0.3 is 0 Å². The van der Waals surface area contributed by atoms with Crippen molar-refractivity contribution in [2.24, 2.45) is 0 Å². The number of aromatic amines is 1. The van der Waals surface area contributed by atoms with Crippen LogP contribution in [0.15, 0.2) is 29.1 Å². The van der Waals surface area contributed by atoms with Crippen molar-refractivity contribution in [2.75, 3.05) is 16.8 Å². The van der Waals surface area contributed by atoms with Gasteiger partial charge in [-0.15, -0.1) is 0 Å². The van der Waals surface area contributed by atoms with E-state index in [9.17, 15) is 18.0 Å². The Balaban J connectivity index is 1.75. The van der Waals surface area contributed by atoms with Crippen molar-refractivity contribution >= 4 is 28.6 Å². The van der Waals surface area contributed by atoms with E-state index in [1.807, 2.05) is 17.8 Å². The Hall–Kier alpha value is -2.55. The van der Waals surface area contributed by atoms with Crippen molar-refractivity contribution in [3.8, 4) is 0 Å². The standard InChI is InChI=1S/C22H23F3N4OS/c1-11(14-4-3-5-15(18(14)23)19(24)25)26-20-17-10-16(13-6-8-31-9-7-13)22(30)29-21(17)28-12(2)27-20/h3-5,10-11,13,19H,6-9H2,1-2H3,(H2,26,27,28,29,30)/t11-/m1/s1. The van der Waals surface area contributed by atoms with E-state index in [1.54, 1.807) is 13.8 Å². The van der Waals surface area contributed by atoms with Gasteiger partial charge in [-0.25, -0.2) is 23.1 Å². The van der Waals surface area contributed by atoms with Crippen molar-refractivity contribution in [1.29, 1.82) is 0 Å². The van der Waals surface area contributed by atoms with E-state index in [4.69, 9.17) is 0 Å². The second kappa shape index (κ2) is 8.90. The van der Waals surface area contributed by atoms with Gasteiger partial charge in [0.25, 0.3) is 12.0 Å². The lowest BCUT2D eigenvalue weighted by molar-refractivity contribution is 0.146. The Bertz CT molecular complexity index is 1160. The molecule has 0 amide bonds. The van der Waals surface area contributed by atoms with Crippen LogP contribution in [0.3, 0.4) is 0 Å². The molecular formula is C22H23F3N4OS. The smallest absolute Gasteiger partial charge is 0.266 e. The SMILES string of the molecule is Cc1nc(N[C@H](C)c2cccc(C(F)F)c2F)c2cc(C3CCSCC3)c(=O)[nH]c2n1. The zero-order valence-electron chi connectivity index (χ0n) is 17.2. The molecule has 0 radical (unpaired) electrons. The molecular weight excluding hydrogens is 425 g/mol. The number of hydrogen-bond acceptors (Lipinski definition) is 5. The second-order valence-corrected chi connectivity index (χ2v) is 8.96. The lowest BCUT2D eigenvalue weighted by atomic mass is 9.94. The number of aromatic nitrogens is 3. The van der Waals surface area contributed by atoms with Gasteiger partial charge in [0.05, 0.1) is 17.0 Å². The van der Waals surface area contributed by atoms with Crippen LogP contribution in [0.25, 0.3) is 11.0 Å². The number of rotatable bonds is 5. The van der Waals surface area contributed by atoms with Crippen molar-refractivity contribution in [3.05, 3.63) is 63.0 Å². The zero-order chi connectivity index (χ0) is 22.1. The molecule has 2 N–H and O–H groups in total. The summed E-state index contributed by atoms with van der Waals surface area (Å²) in [7, 11) is 0. The number of fused-ring (bicyclic) bond motifs is 1. The predicted octanol–water partition coefficient (Wildman–Crippen LogP) is 5.49. The van der Waals surface area contributed by atoms with Crippen molar-refractivity contribution in [2.45, 2.75) is 45.1 Å². The maximum Gasteiger partial charge on any atom is 0.266 e. The van der Waals surface area contributed by atoms with Gasteiger partial charge in [-0.3, -0.25) is 4.79 Å². The van der Waals surface area contributed by atoms with E-state index in [-0.39, 0.29) is 17.0 Å². The van der Waals surface area contributed by atoms with Gasteiger partial charge in [-0.1, -0.05) is 18.2 Å². The Labute approximate surface area is 181 Å². The molecule has 1 aliphatic rings. The number of hydrogen-bond donors (Lipinski definition) is 2. The number of thioether (sulfide) groups is 1. The average molecular weight is 449 g/mol. The second-order valence-electron chi connectivity index (χ2n) is 7.74. The third-order valence-corrected chi connectivity index (χ3v) is 6.67. The molecule has 0 unspecified atom stereocenters. The summed E-state index contributed by atoms with van der Waals surface area (Å²) in [6.45, 7) is 3.37. The highest BCUT2D eigenvalue weighted by Gasteiger charge is 2.23. The molecule has 1 aliphatic heterocycles. The predicted molar refractivity (Wildman–Crippen MR) is 118 cm³/mol. The van der Waals surface area contributed by atoms with Crippen LogP contribution < -0.4 is 10.9 Å². The largest absolute Gasteiger partial charge is 0.363 e. The Morgan fingerprint density at radius 3 is 2.61 bits per heavy atom. The highest BCUT2D eigenvalue weighted by Crippen LogP contribution is 2.33. The first-order valence-electron chi connectivity index (χ1n) is 10.2. The number of nitrogens with one attached hydrogen (secondary N) is 2. The number of H-pyrrole nitrogens is 1. The fraction of sp³-hybridized carbons (Fsp3) is 0.409. The van der Waals surface area contributed by atoms with Crippen molar-refractivity contribution in [3.63, 3.8) is 0 Å². The first-order valence-corrected chi connectivity index (χ1v) is 11.3. The highest BCUT2D eigenvalue weighted by molar-refractivity contribution is 7.99. The highest BCUT2D eigenvalue weighted by atomic mass is 32.2. The summed E-state index contributed by atoms with van der Waals surface area (Å²) >= 11 is 1.88. The van der Waals surface area contributed by atoms with Crippen LogP contribution in [0.4, 0.5) is 19.0 Å². The van der Waals surface area contributed by atoms with E-state index in [0.717, 1.165) is 30.4 Å². The summed E-state index contributed by atoms with van der Waals surface area (Å²) in [5.41, 5.74) is 0.426. The Morgan fingerprint density at radius 1 is 1.19 bits per heavy atom. The molecule has 0 bridgehead atoms. The molecule has 1 saturated heterocycles. The minimum absolute atomic E-state index is 0.121. The van der Waals surface area contributed by atoms with E-state index in [0.29, 0.717) is 28.2 Å². The molecule has 5 nitrogen and oxygen atoms in total. The average Bonchev–Trinajstić information content (AvgIpc) is 2.73. The summed E-state index contributed by atoms with van der Waals surface area (Å²) in [5, 5.41) is 3.76. The first kappa shape index (κ1) is 21.7. The topological polar surface area (TPSA) is 70.7 Å². The van der Waals surface area contributed by atoms with Gasteiger partial charge in [-0.05, 0) is 50.2 Å². The van der Waals surface area contributed by atoms with Crippen LogP contribution in [-0.2, 0) is 0 Å². The number of halogens is 3. The van der Waals surface area contributed by atoms with Gasteiger partial charge < -0.3 is 10.3 Å². The maximum atomic E-state index is 14.6. The molecule has 3 aromatic rings. The lowest BCUT2D eigenvalue weighted by Crippen LogP contribution is -2.20. The summed E-state index contributed by atoms with van der Waals surface area (Å²) in [4.78, 5) is 24.3. The molecule has 0 saturated carbocycles. The van der Waals surface area contributed by atoms with Gasteiger partial charge in [-0.2, -0.15) is 11.8 Å². The number of benzene rings is 1. The van der Waals surface area contributed by atoms with Crippen LogP contribution in [0.2, 0.25) is 0 Å². The van der Waals surface area contributed by atoms with Crippen LogP contribution in [0.5, 0.6) is 0 Å². The van der Waals surface area contributed by atoms with E-state index < -0.39 is 23.8 Å². The normalized spacial score (nSPS) is 16.1. The molecule has 4 rings (SSSR count). The van der Waals surface area contributed by atoms with Gasteiger partial charge in [0.1, 0.15) is 23.1 Å². The Kier molecular flexibility index (Phi) is 6.22. The molecule has 9 heteroatoms. The summed E-state index contributed by atoms with van der Waals surface area (Å²) in [5.74, 6) is 2.12. The summed E-state index contributed by atoms with van der Waals surface area (Å²) in [6, 6.07) is 5.16. The number of pyridine rings is 1. The number of nitrogens with zero attached hydrogens (tertiary/aromatic N) is 2. The fourth-order valence-electron chi connectivity index (χ4n) is 3.99. The third-order valence-electron chi connectivity index (χ3n) is 5.63. The Morgan fingerprint density at radius 2 is 1.90 bits per heavy atom. The number of anilines is 1. The molecule has 1 aromatic carbocycles. The van der Waals surface area contributed by atoms with E-state index in [2.05, 4.69) is 20.3 Å². The molecule has 0 spiro atoms. The van der Waals surface area contributed by atoms with Gasteiger partial charge in [0.2, 0.25) is 0 Å². The van der Waals surface area contributed by atoms with Gasteiger partial charge in [0.15, 0.2) is 0 Å². The van der Waals surface area contributed by atoms with Crippen LogP contribution >= 0.6 is 11.8 Å². The van der Waals surface area contributed by atoms with Crippen molar-refractivity contribution < 1.29 is 13.2 Å². The van der Waals surface area contributed by atoms with Crippen LogP contribution in [-0.4, -0.2) is 26.5 Å².